The second-order valence-corrected chi connectivity index (χ2v) is 7.75. The molecule has 3 rings (SSSR count). The first-order chi connectivity index (χ1) is 11.5. The molecule has 0 N–H and O–H groups in total. The van der Waals surface area contributed by atoms with E-state index in [4.69, 9.17) is 0 Å². The first kappa shape index (κ1) is 16.7. The van der Waals surface area contributed by atoms with Crippen LogP contribution in [0.4, 0.5) is 5.69 Å². The van der Waals surface area contributed by atoms with Crippen molar-refractivity contribution in [3.8, 4) is 0 Å². The number of anilines is 1. The molecule has 5 nitrogen and oxygen atoms in total. The van der Waals surface area contributed by atoms with Crippen LogP contribution >= 0.6 is 0 Å². The van der Waals surface area contributed by atoms with Crippen molar-refractivity contribution in [3.05, 3.63) is 60.2 Å². The minimum atomic E-state index is -3.57. The number of ketones is 1. The predicted molar refractivity (Wildman–Crippen MR) is 93.9 cm³/mol. The molecule has 0 aliphatic carbocycles. The van der Waals surface area contributed by atoms with Gasteiger partial charge in [0.1, 0.15) is 0 Å². The third-order valence-electron chi connectivity index (χ3n) is 4.24. The van der Waals surface area contributed by atoms with E-state index in [-0.39, 0.29) is 10.7 Å². The maximum absolute atomic E-state index is 12.8. The van der Waals surface area contributed by atoms with Crippen LogP contribution in [-0.4, -0.2) is 44.7 Å². The molecule has 0 atom stereocenters. The predicted octanol–water partition coefficient (Wildman–Crippen LogP) is 2.40. The average Bonchev–Trinajstić information content (AvgIpc) is 2.62. The zero-order valence-electron chi connectivity index (χ0n) is 13.6. The van der Waals surface area contributed by atoms with Gasteiger partial charge in [0.25, 0.3) is 0 Å². The van der Waals surface area contributed by atoms with Crippen molar-refractivity contribution in [2.45, 2.75) is 11.8 Å². The standard InChI is InChI=1S/C18H20N2O3S/c1-15(21)16-6-5-9-18(14-16)24(22,23)20-12-10-19(11-13-20)17-7-3-2-4-8-17/h2-9,14H,10-13H2,1H3. The second kappa shape index (κ2) is 6.75. The van der Waals surface area contributed by atoms with E-state index in [9.17, 15) is 13.2 Å². The van der Waals surface area contributed by atoms with Gasteiger partial charge in [0.15, 0.2) is 5.78 Å². The molecule has 0 bridgehead atoms. The molecule has 0 saturated carbocycles. The van der Waals surface area contributed by atoms with Crippen LogP contribution in [0.2, 0.25) is 0 Å². The summed E-state index contributed by atoms with van der Waals surface area (Å²) in [6.07, 6.45) is 0. The average molecular weight is 344 g/mol. The molecular formula is C18H20N2O3S. The van der Waals surface area contributed by atoms with E-state index in [1.165, 1.54) is 17.3 Å². The Bertz CT molecular complexity index is 826. The van der Waals surface area contributed by atoms with Crippen molar-refractivity contribution in [1.29, 1.82) is 0 Å². The van der Waals surface area contributed by atoms with Crippen LogP contribution in [0.15, 0.2) is 59.5 Å². The van der Waals surface area contributed by atoms with Gasteiger partial charge < -0.3 is 4.90 Å². The van der Waals surface area contributed by atoms with Gasteiger partial charge >= 0.3 is 0 Å². The van der Waals surface area contributed by atoms with Crippen molar-refractivity contribution in [1.82, 2.24) is 4.31 Å². The normalized spacial score (nSPS) is 16.1. The molecule has 126 valence electrons. The summed E-state index contributed by atoms with van der Waals surface area (Å²) in [7, 11) is -3.57. The Morgan fingerprint density at radius 3 is 2.21 bits per heavy atom. The van der Waals surface area contributed by atoms with E-state index in [0.717, 1.165) is 5.69 Å². The molecule has 1 aliphatic heterocycles. The highest BCUT2D eigenvalue weighted by atomic mass is 32.2. The Kier molecular flexibility index (Phi) is 4.69. The molecule has 24 heavy (non-hydrogen) atoms. The van der Waals surface area contributed by atoms with Gasteiger partial charge in [-0.25, -0.2) is 8.42 Å². The van der Waals surface area contributed by atoms with E-state index in [1.807, 2.05) is 30.3 Å². The smallest absolute Gasteiger partial charge is 0.243 e. The molecule has 1 saturated heterocycles. The van der Waals surface area contributed by atoms with Gasteiger partial charge in [0, 0.05) is 37.4 Å². The van der Waals surface area contributed by atoms with Crippen LogP contribution in [0.25, 0.3) is 0 Å². The number of hydrogen-bond donors (Lipinski definition) is 0. The number of carbonyl (C=O) groups excluding carboxylic acids is 1. The van der Waals surface area contributed by atoms with Gasteiger partial charge in [-0.3, -0.25) is 4.79 Å². The van der Waals surface area contributed by atoms with E-state index in [2.05, 4.69) is 4.90 Å². The molecule has 1 heterocycles. The molecule has 0 unspecified atom stereocenters. The number of Topliss-reactive ketones (excluding diaryl/α,β-unsaturated/α-hetero) is 1. The maximum Gasteiger partial charge on any atom is 0.243 e. The Hall–Kier alpha value is -2.18. The summed E-state index contributed by atoms with van der Waals surface area (Å²) in [4.78, 5) is 13.8. The van der Waals surface area contributed by atoms with E-state index < -0.39 is 10.0 Å². The molecule has 1 fully saturated rings. The van der Waals surface area contributed by atoms with Gasteiger partial charge in [-0.1, -0.05) is 30.3 Å². The highest BCUT2D eigenvalue weighted by Gasteiger charge is 2.28. The fourth-order valence-corrected chi connectivity index (χ4v) is 4.32. The van der Waals surface area contributed by atoms with Gasteiger partial charge in [-0.05, 0) is 31.2 Å². The van der Waals surface area contributed by atoms with Crippen LogP contribution in [0.1, 0.15) is 17.3 Å². The molecule has 2 aromatic rings. The molecule has 0 radical (unpaired) electrons. The first-order valence-electron chi connectivity index (χ1n) is 7.89. The summed E-state index contributed by atoms with van der Waals surface area (Å²) in [6, 6.07) is 16.2. The van der Waals surface area contributed by atoms with Gasteiger partial charge in [-0.2, -0.15) is 4.31 Å². The van der Waals surface area contributed by atoms with E-state index in [1.54, 1.807) is 18.2 Å². The quantitative estimate of drug-likeness (QED) is 0.799. The first-order valence-corrected chi connectivity index (χ1v) is 9.33. The Balaban J connectivity index is 1.75. The summed E-state index contributed by atoms with van der Waals surface area (Å²) in [5, 5.41) is 0. The molecule has 0 amide bonds. The molecule has 0 spiro atoms. The number of benzene rings is 2. The number of nitrogens with zero attached hydrogens (tertiary/aromatic N) is 2. The lowest BCUT2D eigenvalue weighted by Crippen LogP contribution is -2.48. The largest absolute Gasteiger partial charge is 0.369 e. The van der Waals surface area contributed by atoms with E-state index >= 15 is 0 Å². The SMILES string of the molecule is CC(=O)c1cccc(S(=O)(=O)N2CCN(c3ccccc3)CC2)c1. The van der Waals surface area contributed by atoms with Crippen molar-refractivity contribution in [2.24, 2.45) is 0 Å². The van der Waals surface area contributed by atoms with E-state index in [0.29, 0.717) is 31.7 Å². The minimum absolute atomic E-state index is 0.138. The highest BCUT2D eigenvalue weighted by Crippen LogP contribution is 2.21. The number of rotatable bonds is 4. The number of para-hydroxylation sites is 1. The lowest BCUT2D eigenvalue weighted by molar-refractivity contribution is 0.101. The van der Waals surface area contributed by atoms with Crippen LogP contribution < -0.4 is 4.90 Å². The number of piperazine rings is 1. The fraction of sp³-hybridized carbons (Fsp3) is 0.278. The minimum Gasteiger partial charge on any atom is -0.369 e. The summed E-state index contributed by atoms with van der Waals surface area (Å²) in [5.41, 5.74) is 1.52. The third kappa shape index (κ3) is 3.34. The summed E-state index contributed by atoms with van der Waals surface area (Å²) in [5.74, 6) is -0.138. The van der Waals surface area contributed by atoms with Crippen molar-refractivity contribution < 1.29 is 13.2 Å². The van der Waals surface area contributed by atoms with Crippen molar-refractivity contribution in [2.75, 3.05) is 31.1 Å². The Labute approximate surface area is 142 Å². The Morgan fingerprint density at radius 2 is 1.58 bits per heavy atom. The van der Waals surface area contributed by atoms with Crippen LogP contribution in [0.5, 0.6) is 0 Å². The lowest BCUT2D eigenvalue weighted by Gasteiger charge is -2.35. The second-order valence-electron chi connectivity index (χ2n) is 5.81. The summed E-state index contributed by atoms with van der Waals surface area (Å²) >= 11 is 0. The van der Waals surface area contributed by atoms with Crippen molar-refractivity contribution >= 4 is 21.5 Å². The molecule has 0 aromatic heterocycles. The number of carbonyl (C=O) groups is 1. The van der Waals surface area contributed by atoms with Crippen molar-refractivity contribution in [3.63, 3.8) is 0 Å². The lowest BCUT2D eigenvalue weighted by atomic mass is 10.2. The highest BCUT2D eigenvalue weighted by molar-refractivity contribution is 7.89. The maximum atomic E-state index is 12.8. The molecule has 2 aromatic carbocycles. The number of sulfonamides is 1. The molecular weight excluding hydrogens is 324 g/mol. The zero-order chi connectivity index (χ0) is 17.2. The van der Waals surface area contributed by atoms with Gasteiger partial charge in [-0.15, -0.1) is 0 Å². The zero-order valence-corrected chi connectivity index (χ0v) is 14.4. The van der Waals surface area contributed by atoms with Gasteiger partial charge in [0.05, 0.1) is 4.90 Å². The number of hydrogen-bond acceptors (Lipinski definition) is 4. The monoisotopic (exact) mass is 344 g/mol. The third-order valence-corrected chi connectivity index (χ3v) is 6.13. The van der Waals surface area contributed by atoms with Crippen LogP contribution in [0, 0.1) is 0 Å². The topological polar surface area (TPSA) is 57.7 Å². The van der Waals surface area contributed by atoms with Crippen LogP contribution in [0.3, 0.4) is 0 Å². The molecule has 6 heteroatoms. The fourth-order valence-electron chi connectivity index (χ4n) is 2.85. The van der Waals surface area contributed by atoms with Gasteiger partial charge in [0.2, 0.25) is 10.0 Å². The molecule has 1 aliphatic rings. The van der Waals surface area contributed by atoms with Crippen LogP contribution in [-0.2, 0) is 10.0 Å². The summed E-state index contributed by atoms with van der Waals surface area (Å²) < 4.78 is 27.1. The summed E-state index contributed by atoms with van der Waals surface area (Å²) in [6.45, 7) is 3.60. The Morgan fingerprint density at radius 1 is 0.917 bits per heavy atom.